The fraction of sp³-hybridized carbons (Fsp3) is 0.242. The van der Waals surface area contributed by atoms with E-state index >= 15 is 0 Å². The van der Waals surface area contributed by atoms with Crippen molar-refractivity contribution in [1.29, 1.82) is 0 Å². The van der Waals surface area contributed by atoms with Crippen LogP contribution >= 0.6 is 0 Å². The first kappa shape index (κ1) is 28.8. The molecule has 0 saturated carbocycles. The van der Waals surface area contributed by atoms with Crippen LogP contribution in [0.1, 0.15) is 83.5 Å². The van der Waals surface area contributed by atoms with E-state index in [1.165, 1.54) is 58.6 Å². The SMILES string of the molecule is COc1cc(OC)c2c(c1)C(=O)C1=C(C2=O)c2c(OC)cc3c(c2OC(=O)C[C@@](C)(O)C1)C(=O)c1c(O)cc(C)cc1C3=O. The molecule has 6 rings (SSSR count). The van der Waals surface area contributed by atoms with Crippen molar-refractivity contribution in [3.05, 3.63) is 80.4 Å². The Hall–Kier alpha value is -5.29. The normalized spacial score (nSPS) is 19.0. The van der Waals surface area contributed by atoms with E-state index in [1.807, 2.05) is 0 Å². The van der Waals surface area contributed by atoms with Crippen molar-refractivity contribution >= 4 is 34.7 Å². The maximum absolute atomic E-state index is 14.5. The van der Waals surface area contributed by atoms with Crippen LogP contribution in [0.25, 0.3) is 5.57 Å². The molecule has 0 unspecified atom stereocenters. The Kier molecular flexibility index (Phi) is 6.47. The number of aromatic hydroxyl groups is 1. The number of carbonyl (C=O) groups is 5. The van der Waals surface area contributed by atoms with Gasteiger partial charge in [0.1, 0.15) is 23.0 Å². The van der Waals surface area contributed by atoms with Crippen LogP contribution in [0.2, 0.25) is 0 Å². The molecule has 0 fully saturated rings. The second-order valence-electron chi connectivity index (χ2n) is 11.2. The Labute approximate surface area is 250 Å². The number of methoxy groups -OCH3 is 3. The summed E-state index contributed by atoms with van der Waals surface area (Å²) in [7, 11) is 3.95. The largest absolute Gasteiger partial charge is 0.507 e. The highest BCUT2D eigenvalue weighted by Gasteiger charge is 2.46. The van der Waals surface area contributed by atoms with Crippen molar-refractivity contribution in [1.82, 2.24) is 0 Å². The number of rotatable bonds is 3. The average molecular weight is 599 g/mol. The van der Waals surface area contributed by atoms with E-state index in [4.69, 9.17) is 18.9 Å². The highest BCUT2D eigenvalue weighted by atomic mass is 16.5. The van der Waals surface area contributed by atoms with Crippen molar-refractivity contribution < 1.29 is 53.1 Å². The predicted molar refractivity (Wildman–Crippen MR) is 153 cm³/mol. The molecule has 3 aliphatic rings. The summed E-state index contributed by atoms with van der Waals surface area (Å²) in [5.74, 6) is -4.74. The van der Waals surface area contributed by atoms with E-state index in [-0.39, 0.29) is 61.8 Å². The Morgan fingerprint density at radius 2 is 1.34 bits per heavy atom. The van der Waals surface area contributed by atoms with Gasteiger partial charge in [-0.15, -0.1) is 0 Å². The number of carbonyl (C=O) groups excluding carboxylic acids is 5. The molecule has 0 bridgehead atoms. The third-order valence-electron chi connectivity index (χ3n) is 8.03. The molecule has 1 atom stereocenters. The number of Topliss-reactive ketones (excluding diaryl/α,β-unsaturated/α-hetero) is 2. The predicted octanol–water partition coefficient (Wildman–Crippen LogP) is 3.78. The first-order valence-corrected chi connectivity index (χ1v) is 13.5. The van der Waals surface area contributed by atoms with E-state index in [9.17, 15) is 34.2 Å². The van der Waals surface area contributed by atoms with Gasteiger partial charge < -0.3 is 29.2 Å². The molecule has 3 aromatic rings. The number of ketones is 4. The van der Waals surface area contributed by atoms with Gasteiger partial charge in [-0.1, -0.05) is 0 Å². The molecule has 0 saturated heterocycles. The molecule has 2 N–H and O–H groups in total. The van der Waals surface area contributed by atoms with Crippen LogP contribution in [-0.2, 0) is 4.79 Å². The van der Waals surface area contributed by atoms with Gasteiger partial charge in [0.15, 0.2) is 23.1 Å². The van der Waals surface area contributed by atoms with Crippen LogP contribution in [0.15, 0.2) is 35.9 Å². The molecule has 11 nitrogen and oxygen atoms in total. The summed E-state index contributed by atoms with van der Waals surface area (Å²) in [6.45, 7) is 2.96. The summed E-state index contributed by atoms with van der Waals surface area (Å²) in [4.78, 5) is 69.8. The molecule has 44 heavy (non-hydrogen) atoms. The number of fused-ring (bicyclic) bond motifs is 6. The van der Waals surface area contributed by atoms with Crippen LogP contribution in [0.3, 0.4) is 0 Å². The highest BCUT2D eigenvalue weighted by molar-refractivity contribution is 6.43. The first-order chi connectivity index (χ1) is 20.8. The molecular weight excluding hydrogens is 572 g/mol. The van der Waals surface area contributed by atoms with Gasteiger partial charge in [0.2, 0.25) is 5.78 Å². The Morgan fingerprint density at radius 1 is 0.705 bits per heavy atom. The molecule has 0 amide bonds. The minimum atomic E-state index is -1.87. The third-order valence-corrected chi connectivity index (χ3v) is 8.03. The number of phenolic OH excluding ortho intramolecular Hbond substituents is 1. The molecule has 3 aromatic carbocycles. The number of esters is 1. The number of benzene rings is 3. The van der Waals surface area contributed by atoms with Crippen molar-refractivity contribution in [2.45, 2.75) is 32.3 Å². The molecule has 0 spiro atoms. The molecule has 1 heterocycles. The molecule has 0 radical (unpaired) electrons. The fourth-order valence-corrected chi connectivity index (χ4v) is 6.15. The maximum Gasteiger partial charge on any atom is 0.314 e. The molecule has 1 aliphatic heterocycles. The van der Waals surface area contributed by atoms with Crippen LogP contribution in [0.4, 0.5) is 0 Å². The van der Waals surface area contributed by atoms with Crippen LogP contribution in [0.5, 0.6) is 28.7 Å². The van der Waals surface area contributed by atoms with Crippen LogP contribution in [-0.4, -0.2) is 66.2 Å². The number of allylic oxidation sites excluding steroid dienone is 1. The average Bonchev–Trinajstić information content (AvgIpc) is 3.01. The number of hydrogen-bond acceptors (Lipinski definition) is 11. The minimum Gasteiger partial charge on any atom is -0.507 e. The lowest BCUT2D eigenvalue weighted by Crippen LogP contribution is -2.33. The Morgan fingerprint density at radius 3 is 2.00 bits per heavy atom. The second-order valence-corrected chi connectivity index (χ2v) is 11.2. The summed E-state index contributed by atoms with van der Waals surface area (Å²) in [6.07, 6.45) is -1.08. The standard InChI is InChI=1S/C33H26O11/c1-13-6-15-23(19(34)7-13)30(38)26-17(28(15)36)10-21(43-5)27-25-18(11-33(2,40)12-22(35)44-32(26)27)29(37)16-8-14(41-3)9-20(42-4)24(16)31(25)39/h6-10,34,40H,11-12H2,1-5H3/t33-/m0/s1. The van der Waals surface area contributed by atoms with Crippen molar-refractivity contribution in [3.8, 4) is 28.7 Å². The summed E-state index contributed by atoms with van der Waals surface area (Å²) in [6, 6.07) is 6.81. The summed E-state index contributed by atoms with van der Waals surface area (Å²) in [5, 5.41) is 22.0. The van der Waals surface area contributed by atoms with Gasteiger partial charge in [-0.3, -0.25) is 24.0 Å². The molecular formula is C33H26O11. The summed E-state index contributed by atoms with van der Waals surface area (Å²) < 4.78 is 22.1. The zero-order valence-electron chi connectivity index (χ0n) is 24.4. The van der Waals surface area contributed by atoms with Crippen molar-refractivity contribution in [2.75, 3.05) is 21.3 Å². The first-order valence-electron chi connectivity index (χ1n) is 13.5. The van der Waals surface area contributed by atoms with Gasteiger partial charge in [-0.25, -0.2) is 0 Å². The van der Waals surface area contributed by atoms with Gasteiger partial charge in [-0.2, -0.15) is 0 Å². The number of phenols is 1. The van der Waals surface area contributed by atoms with Gasteiger partial charge in [0.05, 0.1) is 55.6 Å². The van der Waals surface area contributed by atoms with Crippen LogP contribution < -0.4 is 18.9 Å². The molecule has 2 aliphatic carbocycles. The monoisotopic (exact) mass is 598 g/mol. The second kappa shape index (κ2) is 9.88. The number of hydrogen-bond donors (Lipinski definition) is 2. The van der Waals surface area contributed by atoms with Crippen molar-refractivity contribution in [2.24, 2.45) is 0 Å². The zero-order chi connectivity index (χ0) is 31.8. The lowest BCUT2D eigenvalue weighted by Gasteiger charge is -2.28. The molecule has 224 valence electrons. The maximum atomic E-state index is 14.5. The van der Waals surface area contributed by atoms with Crippen molar-refractivity contribution in [3.63, 3.8) is 0 Å². The van der Waals surface area contributed by atoms with Gasteiger partial charge in [0.25, 0.3) is 0 Å². The summed E-state index contributed by atoms with van der Waals surface area (Å²) >= 11 is 0. The van der Waals surface area contributed by atoms with E-state index in [0.29, 0.717) is 5.56 Å². The van der Waals surface area contributed by atoms with Gasteiger partial charge in [0, 0.05) is 40.3 Å². The summed E-state index contributed by atoms with van der Waals surface area (Å²) in [5.41, 5.74) is -3.16. The van der Waals surface area contributed by atoms with E-state index in [0.717, 1.165) is 0 Å². The number of aryl methyl sites for hydroxylation is 1. The van der Waals surface area contributed by atoms with E-state index < -0.39 is 64.6 Å². The minimum absolute atomic E-state index is 0.0202. The Bertz CT molecular complexity index is 1930. The Balaban J connectivity index is 1.74. The third kappa shape index (κ3) is 4.11. The van der Waals surface area contributed by atoms with Gasteiger partial charge in [-0.05, 0) is 43.7 Å². The zero-order valence-corrected chi connectivity index (χ0v) is 24.4. The van der Waals surface area contributed by atoms with Crippen LogP contribution in [0, 0.1) is 6.92 Å². The lowest BCUT2D eigenvalue weighted by atomic mass is 9.74. The fourth-order valence-electron chi connectivity index (χ4n) is 6.15. The molecule has 11 heteroatoms. The van der Waals surface area contributed by atoms with E-state index in [1.54, 1.807) is 6.92 Å². The molecule has 0 aromatic heterocycles. The number of ether oxygens (including phenoxy) is 4. The quantitative estimate of drug-likeness (QED) is 0.261. The highest BCUT2D eigenvalue weighted by Crippen LogP contribution is 2.51. The number of aliphatic hydroxyl groups is 1. The smallest absolute Gasteiger partial charge is 0.314 e. The van der Waals surface area contributed by atoms with Gasteiger partial charge >= 0.3 is 5.97 Å². The van der Waals surface area contributed by atoms with E-state index in [2.05, 4.69) is 0 Å². The topological polar surface area (TPSA) is 163 Å². The lowest BCUT2D eigenvalue weighted by molar-refractivity contribution is -0.139.